The number of rotatable bonds is 2. The Morgan fingerprint density at radius 1 is 1.75 bits per heavy atom. The molecule has 0 spiro atoms. The Kier molecular flexibility index (Phi) is 3.05. The first-order valence-electron chi connectivity index (χ1n) is 4.31. The number of carbonyl (C=O) groups excluding carboxylic acids is 1. The standard InChI is InChI=1S/C8H16N2O2/c1-3-10-4-5-12-6(2)7(10)8(9)11/h6-7H,3-5H2,1-2H3,(H2,9,11)/t6-,7+/m1/s1. The molecule has 1 saturated heterocycles. The van der Waals surface area contributed by atoms with Crippen molar-refractivity contribution in [1.29, 1.82) is 0 Å². The average molecular weight is 172 g/mol. The molecule has 0 aromatic carbocycles. The molecule has 1 amide bonds. The van der Waals surface area contributed by atoms with E-state index in [1.165, 1.54) is 0 Å². The molecule has 0 saturated carbocycles. The summed E-state index contributed by atoms with van der Waals surface area (Å²) >= 11 is 0. The van der Waals surface area contributed by atoms with E-state index >= 15 is 0 Å². The molecule has 0 aliphatic carbocycles. The van der Waals surface area contributed by atoms with E-state index in [0.29, 0.717) is 6.61 Å². The van der Waals surface area contributed by atoms with Crippen LogP contribution in [0.4, 0.5) is 0 Å². The van der Waals surface area contributed by atoms with Gasteiger partial charge in [0, 0.05) is 6.54 Å². The van der Waals surface area contributed by atoms with Crippen LogP contribution in [0.25, 0.3) is 0 Å². The summed E-state index contributed by atoms with van der Waals surface area (Å²) in [4.78, 5) is 13.1. The zero-order chi connectivity index (χ0) is 9.14. The van der Waals surface area contributed by atoms with Gasteiger partial charge in [0.25, 0.3) is 0 Å². The zero-order valence-electron chi connectivity index (χ0n) is 7.62. The number of nitrogens with two attached hydrogens (primary N) is 1. The molecule has 1 heterocycles. The quantitative estimate of drug-likeness (QED) is 0.615. The van der Waals surface area contributed by atoms with Crippen molar-refractivity contribution in [3.05, 3.63) is 0 Å². The third kappa shape index (κ3) is 1.76. The summed E-state index contributed by atoms with van der Waals surface area (Å²) < 4.78 is 5.34. The van der Waals surface area contributed by atoms with Crippen LogP contribution in [-0.2, 0) is 9.53 Å². The SMILES string of the molecule is CCN1CCO[C@H](C)[C@H]1C(N)=O. The van der Waals surface area contributed by atoms with Gasteiger partial charge < -0.3 is 10.5 Å². The lowest BCUT2D eigenvalue weighted by atomic mass is 10.1. The highest BCUT2D eigenvalue weighted by atomic mass is 16.5. The molecule has 70 valence electrons. The number of hydrogen-bond acceptors (Lipinski definition) is 3. The Morgan fingerprint density at radius 3 is 2.83 bits per heavy atom. The lowest BCUT2D eigenvalue weighted by Gasteiger charge is -2.37. The first-order chi connectivity index (χ1) is 5.66. The van der Waals surface area contributed by atoms with Gasteiger partial charge in [-0.3, -0.25) is 9.69 Å². The fourth-order valence-electron chi connectivity index (χ4n) is 1.65. The molecule has 4 heteroatoms. The van der Waals surface area contributed by atoms with Crippen molar-refractivity contribution in [2.75, 3.05) is 19.7 Å². The molecule has 4 nitrogen and oxygen atoms in total. The van der Waals surface area contributed by atoms with Crippen LogP contribution in [0.15, 0.2) is 0 Å². The van der Waals surface area contributed by atoms with Crippen LogP contribution in [0, 0.1) is 0 Å². The third-order valence-corrected chi connectivity index (χ3v) is 2.29. The van der Waals surface area contributed by atoms with Crippen molar-refractivity contribution in [2.24, 2.45) is 5.73 Å². The Labute approximate surface area is 72.7 Å². The number of morpholine rings is 1. The van der Waals surface area contributed by atoms with E-state index < -0.39 is 0 Å². The van der Waals surface area contributed by atoms with Gasteiger partial charge >= 0.3 is 0 Å². The number of primary amides is 1. The maximum absolute atomic E-state index is 11.0. The number of likely N-dealkylation sites (N-methyl/N-ethyl adjacent to an activating group) is 1. The summed E-state index contributed by atoms with van der Waals surface area (Å²) in [5, 5.41) is 0. The summed E-state index contributed by atoms with van der Waals surface area (Å²) in [5.74, 6) is -0.288. The van der Waals surface area contributed by atoms with Crippen LogP contribution in [0.2, 0.25) is 0 Å². The third-order valence-electron chi connectivity index (χ3n) is 2.29. The highest BCUT2D eigenvalue weighted by molar-refractivity contribution is 5.80. The van der Waals surface area contributed by atoms with Gasteiger partial charge in [0.15, 0.2) is 0 Å². The van der Waals surface area contributed by atoms with E-state index in [9.17, 15) is 4.79 Å². The molecule has 12 heavy (non-hydrogen) atoms. The van der Waals surface area contributed by atoms with Crippen LogP contribution in [0.3, 0.4) is 0 Å². The van der Waals surface area contributed by atoms with Crippen molar-refractivity contribution in [2.45, 2.75) is 26.0 Å². The Bertz CT molecular complexity index is 172. The minimum Gasteiger partial charge on any atom is -0.375 e. The van der Waals surface area contributed by atoms with Gasteiger partial charge in [0.1, 0.15) is 6.04 Å². The van der Waals surface area contributed by atoms with Crippen molar-refractivity contribution in [3.8, 4) is 0 Å². The highest BCUT2D eigenvalue weighted by Crippen LogP contribution is 2.12. The maximum Gasteiger partial charge on any atom is 0.237 e. The second-order valence-electron chi connectivity index (χ2n) is 3.05. The molecule has 1 aliphatic rings. The lowest BCUT2D eigenvalue weighted by Crippen LogP contribution is -2.56. The van der Waals surface area contributed by atoms with E-state index in [1.54, 1.807) is 0 Å². The number of amides is 1. The summed E-state index contributed by atoms with van der Waals surface area (Å²) in [6.07, 6.45) is -0.0730. The normalized spacial score (nSPS) is 31.8. The number of carbonyl (C=O) groups is 1. The molecule has 0 bridgehead atoms. The predicted octanol–water partition coefficient (Wildman–Crippen LogP) is -0.419. The summed E-state index contributed by atoms with van der Waals surface area (Å²) in [7, 11) is 0. The van der Waals surface area contributed by atoms with Crippen LogP contribution >= 0.6 is 0 Å². The minimum atomic E-state index is -0.288. The van der Waals surface area contributed by atoms with Crippen LogP contribution in [0.5, 0.6) is 0 Å². The molecule has 0 radical (unpaired) electrons. The largest absolute Gasteiger partial charge is 0.375 e. The number of nitrogens with zero attached hydrogens (tertiary/aromatic N) is 1. The smallest absolute Gasteiger partial charge is 0.237 e. The van der Waals surface area contributed by atoms with Gasteiger partial charge in [-0.15, -0.1) is 0 Å². The summed E-state index contributed by atoms with van der Waals surface area (Å²) in [6.45, 7) is 6.25. The van der Waals surface area contributed by atoms with Gasteiger partial charge in [0.05, 0.1) is 12.7 Å². The van der Waals surface area contributed by atoms with Gasteiger partial charge in [-0.25, -0.2) is 0 Å². The van der Waals surface area contributed by atoms with Crippen molar-refractivity contribution in [3.63, 3.8) is 0 Å². The maximum atomic E-state index is 11.0. The van der Waals surface area contributed by atoms with E-state index in [1.807, 2.05) is 13.8 Å². The Morgan fingerprint density at radius 2 is 2.42 bits per heavy atom. The van der Waals surface area contributed by atoms with E-state index in [2.05, 4.69) is 4.90 Å². The van der Waals surface area contributed by atoms with E-state index in [4.69, 9.17) is 10.5 Å². The molecule has 0 aromatic rings. The highest BCUT2D eigenvalue weighted by Gasteiger charge is 2.32. The predicted molar refractivity (Wildman–Crippen MR) is 45.6 cm³/mol. The Hall–Kier alpha value is -0.610. The number of hydrogen-bond donors (Lipinski definition) is 1. The Balaban J connectivity index is 2.66. The van der Waals surface area contributed by atoms with Crippen LogP contribution in [0.1, 0.15) is 13.8 Å². The molecular formula is C8H16N2O2. The van der Waals surface area contributed by atoms with Crippen molar-refractivity contribution in [1.82, 2.24) is 4.90 Å². The summed E-state index contributed by atoms with van der Waals surface area (Å²) in [5.41, 5.74) is 5.26. The molecule has 0 aromatic heterocycles. The average Bonchev–Trinajstić information content (AvgIpc) is 2.03. The molecule has 2 atom stereocenters. The van der Waals surface area contributed by atoms with Crippen LogP contribution in [-0.4, -0.2) is 42.6 Å². The molecule has 2 N–H and O–H groups in total. The molecule has 1 aliphatic heterocycles. The number of ether oxygens (including phenoxy) is 1. The summed E-state index contributed by atoms with van der Waals surface area (Å²) in [6, 6.07) is -0.247. The second-order valence-corrected chi connectivity index (χ2v) is 3.05. The van der Waals surface area contributed by atoms with E-state index in [0.717, 1.165) is 13.1 Å². The fraction of sp³-hybridized carbons (Fsp3) is 0.875. The molecule has 0 unspecified atom stereocenters. The topological polar surface area (TPSA) is 55.6 Å². The van der Waals surface area contributed by atoms with Crippen molar-refractivity contribution >= 4 is 5.91 Å². The second kappa shape index (κ2) is 3.87. The molecule has 1 rings (SSSR count). The van der Waals surface area contributed by atoms with E-state index in [-0.39, 0.29) is 18.1 Å². The fourth-order valence-corrected chi connectivity index (χ4v) is 1.65. The minimum absolute atomic E-state index is 0.0730. The van der Waals surface area contributed by atoms with Crippen molar-refractivity contribution < 1.29 is 9.53 Å². The molecule has 1 fully saturated rings. The van der Waals surface area contributed by atoms with Gasteiger partial charge in [0.2, 0.25) is 5.91 Å². The first kappa shape index (κ1) is 9.48. The first-order valence-corrected chi connectivity index (χ1v) is 4.31. The monoisotopic (exact) mass is 172 g/mol. The lowest BCUT2D eigenvalue weighted by molar-refractivity contribution is -0.135. The zero-order valence-corrected chi connectivity index (χ0v) is 7.62. The molecular weight excluding hydrogens is 156 g/mol. The van der Waals surface area contributed by atoms with Crippen LogP contribution < -0.4 is 5.73 Å². The van der Waals surface area contributed by atoms with Gasteiger partial charge in [-0.1, -0.05) is 6.92 Å². The van der Waals surface area contributed by atoms with Gasteiger partial charge in [-0.2, -0.15) is 0 Å². The van der Waals surface area contributed by atoms with Gasteiger partial charge in [-0.05, 0) is 13.5 Å².